The van der Waals surface area contributed by atoms with Crippen LogP contribution in [0.2, 0.25) is 5.04 Å². The molecule has 0 heterocycles. The molecule has 3 aromatic carbocycles. The second kappa shape index (κ2) is 9.31. The van der Waals surface area contributed by atoms with Crippen LogP contribution in [0.5, 0.6) is 0 Å². The van der Waals surface area contributed by atoms with Gasteiger partial charge >= 0.3 is 6.09 Å². The van der Waals surface area contributed by atoms with Crippen LogP contribution in [-0.4, -0.2) is 20.0 Å². The van der Waals surface area contributed by atoms with Crippen molar-refractivity contribution in [1.29, 1.82) is 0 Å². The Labute approximate surface area is 192 Å². The smallest absolute Gasteiger partial charge is 0.438 e. The Balaban J connectivity index is 2.24. The van der Waals surface area contributed by atoms with E-state index in [1.165, 1.54) is 5.06 Å². The number of para-hydroxylation sites is 1. The molecule has 0 aliphatic heterocycles. The van der Waals surface area contributed by atoms with E-state index in [-0.39, 0.29) is 5.04 Å². The molecular formula is C27H33NO3Si. The number of nitrogens with zero attached hydrogens (tertiary/aromatic N) is 1. The third-order valence-electron chi connectivity index (χ3n) is 5.20. The molecule has 0 saturated carbocycles. The summed E-state index contributed by atoms with van der Waals surface area (Å²) in [5, 5.41) is 3.24. The van der Waals surface area contributed by atoms with E-state index in [2.05, 4.69) is 45.0 Å². The second-order valence-corrected chi connectivity index (χ2v) is 14.1. The minimum absolute atomic E-state index is 0.287. The van der Waals surface area contributed by atoms with Crippen molar-refractivity contribution in [1.82, 2.24) is 0 Å². The normalized spacial score (nSPS) is 12.3. The van der Waals surface area contributed by atoms with Crippen molar-refractivity contribution in [2.24, 2.45) is 0 Å². The van der Waals surface area contributed by atoms with E-state index in [0.717, 1.165) is 10.4 Å². The molecule has 168 valence electrons. The molecule has 0 radical (unpaired) electrons. The van der Waals surface area contributed by atoms with E-state index >= 15 is 0 Å². The highest BCUT2D eigenvalue weighted by molar-refractivity contribution is 6.99. The van der Waals surface area contributed by atoms with E-state index in [4.69, 9.17) is 9.26 Å². The summed E-state index contributed by atoms with van der Waals surface area (Å²) in [6, 6.07) is 29.9. The molecule has 32 heavy (non-hydrogen) atoms. The number of carbonyl (C=O) groups is 1. The zero-order valence-corrected chi connectivity index (χ0v) is 20.8. The van der Waals surface area contributed by atoms with Gasteiger partial charge in [-0.3, -0.25) is 4.53 Å². The molecule has 0 spiro atoms. The minimum Gasteiger partial charge on any atom is -0.442 e. The van der Waals surface area contributed by atoms with Gasteiger partial charge in [0.1, 0.15) is 5.60 Å². The molecule has 4 nitrogen and oxygen atoms in total. The lowest BCUT2D eigenvalue weighted by atomic mass is 10.2. The van der Waals surface area contributed by atoms with Crippen LogP contribution in [0.25, 0.3) is 0 Å². The first-order valence-corrected chi connectivity index (χ1v) is 12.8. The molecule has 1 amide bonds. The number of hydroxylamine groups is 1. The molecular weight excluding hydrogens is 414 g/mol. The highest BCUT2D eigenvalue weighted by Crippen LogP contribution is 2.38. The lowest BCUT2D eigenvalue weighted by Gasteiger charge is -2.44. The van der Waals surface area contributed by atoms with Gasteiger partial charge in [0.05, 0.1) is 5.69 Å². The molecule has 0 aromatic heterocycles. The zero-order valence-electron chi connectivity index (χ0n) is 19.8. The maximum atomic E-state index is 13.4. The third-order valence-corrected chi connectivity index (χ3v) is 10.1. The first-order chi connectivity index (χ1) is 15.0. The van der Waals surface area contributed by atoms with E-state index < -0.39 is 20.0 Å². The predicted molar refractivity (Wildman–Crippen MR) is 134 cm³/mol. The van der Waals surface area contributed by atoms with Gasteiger partial charge in [-0.1, -0.05) is 99.6 Å². The van der Waals surface area contributed by atoms with E-state index in [0.29, 0.717) is 5.69 Å². The van der Waals surface area contributed by atoms with Crippen LogP contribution in [0, 0.1) is 0 Å². The van der Waals surface area contributed by atoms with Gasteiger partial charge in [-0.15, -0.1) is 0 Å². The summed E-state index contributed by atoms with van der Waals surface area (Å²) in [4.78, 5) is 13.4. The van der Waals surface area contributed by atoms with E-state index in [9.17, 15) is 4.79 Å². The molecule has 0 bridgehead atoms. The molecule has 0 aliphatic rings. The Morgan fingerprint density at radius 3 is 1.47 bits per heavy atom. The van der Waals surface area contributed by atoms with Crippen molar-refractivity contribution in [2.75, 3.05) is 5.06 Å². The highest BCUT2D eigenvalue weighted by Gasteiger charge is 2.53. The van der Waals surface area contributed by atoms with Crippen molar-refractivity contribution in [3.63, 3.8) is 0 Å². The maximum Gasteiger partial charge on any atom is 0.438 e. The third kappa shape index (κ3) is 5.11. The Morgan fingerprint density at radius 2 is 1.09 bits per heavy atom. The van der Waals surface area contributed by atoms with Crippen LogP contribution in [0.1, 0.15) is 41.5 Å². The molecule has 5 heteroatoms. The number of anilines is 1. The summed E-state index contributed by atoms with van der Waals surface area (Å²) >= 11 is 0. The number of benzene rings is 3. The van der Waals surface area contributed by atoms with Gasteiger partial charge in [0, 0.05) is 0 Å². The molecule has 0 saturated heterocycles. The molecule has 0 atom stereocenters. The summed E-state index contributed by atoms with van der Waals surface area (Å²) in [7, 11) is -3.01. The first kappa shape index (κ1) is 23.8. The van der Waals surface area contributed by atoms with Gasteiger partial charge < -0.3 is 4.74 Å². The van der Waals surface area contributed by atoms with Crippen molar-refractivity contribution in [3.8, 4) is 0 Å². The van der Waals surface area contributed by atoms with E-state index in [1.807, 2.05) is 87.5 Å². The summed E-state index contributed by atoms with van der Waals surface area (Å²) in [5.74, 6) is 0. The minimum atomic E-state index is -3.01. The summed E-state index contributed by atoms with van der Waals surface area (Å²) in [6.07, 6.45) is -0.531. The van der Waals surface area contributed by atoms with Gasteiger partial charge in [-0.2, -0.15) is 5.06 Å². The quantitative estimate of drug-likeness (QED) is 0.360. The number of rotatable bonds is 5. The number of ether oxygens (including phenoxy) is 1. The molecule has 0 N–H and O–H groups in total. The summed E-state index contributed by atoms with van der Waals surface area (Å²) in [5.41, 5.74) is -0.0198. The van der Waals surface area contributed by atoms with E-state index in [1.54, 1.807) is 0 Å². The van der Waals surface area contributed by atoms with Gasteiger partial charge in [-0.05, 0) is 48.3 Å². The Kier molecular flexibility index (Phi) is 6.91. The molecule has 3 aromatic rings. The first-order valence-electron chi connectivity index (χ1n) is 10.9. The zero-order chi connectivity index (χ0) is 23.4. The van der Waals surface area contributed by atoms with Crippen molar-refractivity contribution >= 4 is 30.5 Å². The maximum absolute atomic E-state index is 13.4. The Bertz CT molecular complexity index is 970. The standard InChI is InChI=1S/C27H33NO3Si/c1-26(2,3)30-25(29)28(22-16-10-7-11-17-22)31-32(27(4,5)6,23-18-12-8-13-19-23)24-20-14-9-15-21-24/h7-21H,1-6H3. The van der Waals surface area contributed by atoms with Crippen LogP contribution in [0.4, 0.5) is 10.5 Å². The van der Waals surface area contributed by atoms with Gasteiger partial charge in [0.2, 0.25) is 0 Å². The Hall–Kier alpha value is -2.89. The molecule has 0 fully saturated rings. The topological polar surface area (TPSA) is 38.8 Å². The van der Waals surface area contributed by atoms with Crippen LogP contribution < -0.4 is 15.4 Å². The number of hydrogen-bond donors (Lipinski definition) is 0. The van der Waals surface area contributed by atoms with Gasteiger partial charge in [0.15, 0.2) is 0 Å². The number of hydrogen-bond acceptors (Lipinski definition) is 3. The van der Waals surface area contributed by atoms with Crippen LogP contribution in [-0.2, 0) is 9.26 Å². The number of carbonyl (C=O) groups excluding carboxylic acids is 1. The van der Waals surface area contributed by atoms with Crippen molar-refractivity contribution < 1.29 is 14.1 Å². The van der Waals surface area contributed by atoms with Gasteiger partial charge in [-0.25, -0.2) is 4.79 Å². The molecule has 3 rings (SSSR count). The second-order valence-electron chi connectivity index (χ2n) is 9.86. The SMILES string of the molecule is CC(C)(C)OC(=O)N(O[Si](c1ccccc1)(c1ccccc1)C(C)(C)C)c1ccccc1. The highest BCUT2D eigenvalue weighted by atomic mass is 28.4. The fourth-order valence-corrected chi connectivity index (χ4v) is 8.15. The lowest BCUT2D eigenvalue weighted by molar-refractivity contribution is 0.0427. The molecule has 0 unspecified atom stereocenters. The average molecular weight is 448 g/mol. The van der Waals surface area contributed by atoms with Gasteiger partial charge in [0.25, 0.3) is 8.32 Å². The predicted octanol–water partition coefficient (Wildman–Crippen LogP) is 5.92. The molecule has 0 aliphatic carbocycles. The summed E-state index contributed by atoms with van der Waals surface area (Å²) in [6.45, 7) is 12.1. The average Bonchev–Trinajstić information content (AvgIpc) is 2.74. The van der Waals surface area contributed by atoms with Crippen LogP contribution in [0.3, 0.4) is 0 Å². The number of amides is 1. The van der Waals surface area contributed by atoms with Crippen molar-refractivity contribution in [2.45, 2.75) is 52.2 Å². The lowest BCUT2D eigenvalue weighted by Crippen LogP contribution is -2.69. The Morgan fingerprint density at radius 1 is 0.688 bits per heavy atom. The monoisotopic (exact) mass is 447 g/mol. The van der Waals surface area contributed by atoms with Crippen LogP contribution >= 0.6 is 0 Å². The fraction of sp³-hybridized carbons (Fsp3) is 0.296. The van der Waals surface area contributed by atoms with Crippen LogP contribution in [0.15, 0.2) is 91.0 Å². The van der Waals surface area contributed by atoms with Crippen molar-refractivity contribution in [3.05, 3.63) is 91.0 Å². The fourth-order valence-electron chi connectivity index (χ4n) is 3.82. The largest absolute Gasteiger partial charge is 0.442 e. The summed E-state index contributed by atoms with van der Waals surface area (Å²) < 4.78 is 12.7.